The molecule has 0 aliphatic heterocycles. The van der Waals surface area contributed by atoms with E-state index in [9.17, 15) is 0 Å². The van der Waals surface area contributed by atoms with Gasteiger partial charge in [0.05, 0.1) is 0 Å². The van der Waals surface area contributed by atoms with Crippen LogP contribution in [-0.4, -0.2) is 0 Å². The molecule has 0 bridgehead atoms. The van der Waals surface area contributed by atoms with Crippen molar-refractivity contribution in [2.24, 2.45) is 0 Å². The minimum absolute atomic E-state index is 1.14. The first-order chi connectivity index (χ1) is 6.79. The van der Waals surface area contributed by atoms with Crippen LogP contribution in [0.2, 0.25) is 0 Å². The molecule has 1 aliphatic rings. The zero-order chi connectivity index (χ0) is 10.4. The van der Waals surface area contributed by atoms with Crippen molar-refractivity contribution in [3.63, 3.8) is 0 Å². The lowest BCUT2D eigenvalue weighted by Crippen LogP contribution is -1.89. The summed E-state index contributed by atoms with van der Waals surface area (Å²) in [6, 6.07) is 0. The maximum absolute atomic E-state index is 3.69. The van der Waals surface area contributed by atoms with Gasteiger partial charge in [0.1, 0.15) is 0 Å². The number of unbranched alkanes of at least 4 members (excludes halogenated alkanes) is 2. The summed E-state index contributed by atoms with van der Waals surface area (Å²) in [5.41, 5.74) is 3.23. The molecule has 0 N–H and O–H groups in total. The minimum atomic E-state index is 1.14. The molecular weight excluding hydrogens is 236 g/mol. The normalized spacial score (nSPS) is 16.4. The third kappa shape index (κ3) is 3.27. The summed E-state index contributed by atoms with van der Waals surface area (Å²) in [6.07, 6.45) is 11.4. The average Bonchev–Trinajstić information content (AvgIpc) is 2.53. The van der Waals surface area contributed by atoms with Gasteiger partial charge in [-0.3, -0.25) is 0 Å². The molecule has 1 rings (SSSR count). The van der Waals surface area contributed by atoms with Crippen LogP contribution in [0.1, 0.15) is 58.8 Å². The Labute approximate surface area is 96.6 Å². The molecule has 1 aliphatic carbocycles. The quantitative estimate of drug-likeness (QED) is 0.602. The molecule has 0 radical (unpaired) electrons. The summed E-state index contributed by atoms with van der Waals surface area (Å²) in [4.78, 5) is 0. The summed E-state index contributed by atoms with van der Waals surface area (Å²) in [5, 5.41) is 0. The second kappa shape index (κ2) is 6.44. The number of hydrogen-bond acceptors (Lipinski definition) is 0. The van der Waals surface area contributed by atoms with Crippen LogP contribution in [0.4, 0.5) is 0 Å². The predicted octanol–water partition coefficient (Wildman–Crippen LogP) is 5.35. The van der Waals surface area contributed by atoms with Crippen LogP contribution in [0.15, 0.2) is 21.7 Å². The third-order valence-corrected chi connectivity index (χ3v) is 3.63. The highest BCUT2D eigenvalue weighted by Crippen LogP contribution is 2.36. The third-order valence-electron chi connectivity index (χ3n) is 2.82. The van der Waals surface area contributed by atoms with E-state index in [1.165, 1.54) is 43.0 Å². The second-order valence-electron chi connectivity index (χ2n) is 4.02. The standard InChI is InChI=1S/C13H21Br/c1-3-5-7-11-9-10-13(14)12(11)8-6-4-2/h9H,3-8,10H2,1-2H3. The molecule has 0 aromatic heterocycles. The van der Waals surface area contributed by atoms with E-state index in [1.54, 1.807) is 11.1 Å². The molecule has 0 nitrogen and oxygen atoms in total. The lowest BCUT2D eigenvalue weighted by Gasteiger charge is -2.08. The van der Waals surface area contributed by atoms with Crippen molar-refractivity contribution >= 4 is 15.9 Å². The Hall–Kier alpha value is -0.0400. The zero-order valence-corrected chi connectivity index (χ0v) is 11.0. The highest BCUT2D eigenvalue weighted by molar-refractivity contribution is 9.11. The van der Waals surface area contributed by atoms with Gasteiger partial charge in [-0.25, -0.2) is 0 Å². The number of halogens is 1. The van der Waals surface area contributed by atoms with Crippen LogP contribution in [0.5, 0.6) is 0 Å². The topological polar surface area (TPSA) is 0 Å². The fourth-order valence-electron chi connectivity index (χ4n) is 1.90. The lowest BCUT2D eigenvalue weighted by atomic mass is 9.99. The fourth-order valence-corrected chi connectivity index (χ4v) is 2.52. The van der Waals surface area contributed by atoms with Crippen LogP contribution in [0.3, 0.4) is 0 Å². The molecule has 1 heteroatoms. The smallest absolute Gasteiger partial charge is 0.00231 e. The summed E-state index contributed by atoms with van der Waals surface area (Å²) >= 11 is 3.69. The highest BCUT2D eigenvalue weighted by Gasteiger charge is 2.14. The van der Waals surface area contributed by atoms with E-state index in [0.717, 1.165) is 6.42 Å². The molecule has 0 heterocycles. The van der Waals surface area contributed by atoms with Gasteiger partial charge < -0.3 is 0 Å². The predicted molar refractivity (Wildman–Crippen MR) is 67.7 cm³/mol. The average molecular weight is 257 g/mol. The van der Waals surface area contributed by atoms with Gasteiger partial charge in [-0.1, -0.05) is 48.7 Å². The van der Waals surface area contributed by atoms with Crippen LogP contribution >= 0.6 is 15.9 Å². The highest BCUT2D eigenvalue weighted by atomic mass is 79.9. The Bertz CT molecular complexity index is 236. The van der Waals surface area contributed by atoms with Crippen molar-refractivity contribution in [2.75, 3.05) is 0 Å². The summed E-state index contributed by atoms with van der Waals surface area (Å²) in [7, 11) is 0. The van der Waals surface area contributed by atoms with Gasteiger partial charge in [-0.2, -0.15) is 0 Å². The first-order valence-corrected chi connectivity index (χ1v) is 6.65. The number of rotatable bonds is 6. The molecular formula is C13H21Br. The van der Waals surface area contributed by atoms with Crippen LogP contribution in [-0.2, 0) is 0 Å². The Kier molecular flexibility index (Phi) is 5.54. The molecule has 0 spiro atoms. The Balaban J connectivity index is 2.50. The number of allylic oxidation sites excluding steroid dienone is 4. The second-order valence-corrected chi connectivity index (χ2v) is 4.98. The molecule has 0 unspecified atom stereocenters. The van der Waals surface area contributed by atoms with Gasteiger partial charge in [-0.05, 0) is 43.3 Å². The van der Waals surface area contributed by atoms with E-state index in [0.29, 0.717) is 0 Å². The van der Waals surface area contributed by atoms with Gasteiger partial charge >= 0.3 is 0 Å². The largest absolute Gasteiger partial charge is 0.0761 e. The Morgan fingerprint density at radius 1 is 1.14 bits per heavy atom. The molecule has 0 aromatic carbocycles. The van der Waals surface area contributed by atoms with Crippen molar-refractivity contribution in [2.45, 2.75) is 58.8 Å². The maximum Gasteiger partial charge on any atom is 0.00231 e. The molecule has 0 amide bonds. The van der Waals surface area contributed by atoms with Crippen LogP contribution in [0, 0.1) is 0 Å². The monoisotopic (exact) mass is 256 g/mol. The molecule has 0 saturated heterocycles. The van der Waals surface area contributed by atoms with Crippen LogP contribution in [0.25, 0.3) is 0 Å². The van der Waals surface area contributed by atoms with Gasteiger partial charge in [0.15, 0.2) is 0 Å². The summed E-state index contributed by atoms with van der Waals surface area (Å²) in [5.74, 6) is 0. The molecule has 0 aromatic rings. The van der Waals surface area contributed by atoms with E-state index < -0.39 is 0 Å². The van der Waals surface area contributed by atoms with E-state index in [2.05, 4.69) is 35.9 Å². The van der Waals surface area contributed by atoms with Gasteiger partial charge in [0.2, 0.25) is 0 Å². The van der Waals surface area contributed by atoms with Crippen LogP contribution < -0.4 is 0 Å². The minimum Gasteiger partial charge on any atom is -0.0761 e. The van der Waals surface area contributed by atoms with E-state index in [4.69, 9.17) is 0 Å². The van der Waals surface area contributed by atoms with Gasteiger partial charge in [-0.15, -0.1) is 0 Å². The van der Waals surface area contributed by atoms with Crippen molar-refractivity contribution in [3.8, 4) is 0 Å². The molecule has 0 saturated carbocycles. The molecule has 0 atom stereocenters. The first kappa shape index (κ1) is 12.0. The van der Waals surface area contributed by atoms with Crippen molar-refractivity contribution in [3.05, 3.63) is 21.7 Å². The molecule has 14 heavy (non-hydrogen) atoms. The van der Waals surface area contributed by atoms with Gasteiger partial charge in [0.25, 0.3) is 0 Å². The Morgan fingerprint density at radius 3 is 2.43 bits per heavy atom. The summed E-state index contributed by atoms with van der Waals surface area (Å²) < 4.78 is 1.44. The summed E-state index contributed by atoms with van der Waals surface area (Å²) in [6.45, 7) is 4.53. The van der Waals surface area contributed by atoms with Crippen molar-refractivity contribution in [1.29, 1.82) is 0 Å². The SMILES string of the molecule is CCCCC1=CCC(Br)=C1CCCC. The maximum atomic E-state index is 3.69. The first-order valence-electron chi connectivity index (χ1n) is 5.86. The van der Waals surface area contributed by atoms with E-state index in [1.807, 2.05) is 0 Å². The van der Waals surface area contributed by atoms with E-state index in [-0.39, 0.29) is 0 Å². The lowest BCUT2D eigenvalue weighted by molar-refractivity contribution is 0.755. The van der Waals surface area contributed by atoms with Crippen molar-refractivity contribution < 1.29 is 0 Å². The van der Waals surface area contributed by atoms with Gasteiger partial charge in [0, 0.05) is 4.48 Å². The molecule has 0 fully saturated rings. The van der Waals surface area contributed by atoms with E-state index >= 15 is 0 Å². The Morgan fingerprint density at radius 2 is 1.79 bits per heavy atom. The molecule has 80 valence electrons. The fraction of sp³-hybridized carbons (Fsp3) is 0.692. The zero-order valence-electron chi connectivity index (χ0n) is 9.41. The van der Waals surface area contributed by atoms with Crippen molar-refractivity contribution in [1.82, 2.24) is 0 Å². The number of hydrogen-bond donors (Lipinski definition) is 0.